The first-order chi connectivity index (χ1) is 19.4. The van der Waals surface area contributed by atoms with Gasteiger partial charge in [0.05, 0.1) is 5.56 Å². The molecule has 3 aliphatic rings. The predicted molar refractivity (Wildman–Crippen MR) is 156 cm³/mol. The molecule has 3 aromatic rings. The molecule has 10 heteroatoms. The molecule has 0 radical (unpaired) electrons. The summed E-state index contributed by atoms with van der Waals surface area (Å²) in [5, 5.41) is 3.91. The van der Waals surface area contributed by atoms with Gasteiger partial charge in [0.2, 0.25) is 5.95 Å². The van der Waals surface area contributed by atoms with Crippen molar-refractivity contribution in [3.05, 3.63) is 51.6 Å². The van der Waals surface area contributed by atoms with Crippen molar-refractivity contribution in [1.29, 1.82) is 0 Å². The highest BCUT2D eigenvalue weighted by Gasteiger charge is 2.54. The Bertz CT molecular complexity index is 1570. The molecule has 0 aromatic carbocycles. The summed E-state index contributed by atoms with van der Waals surface area (Å²) in [5.41, 5.74) is 2.05. The number of ketones is 1. The van der Waals surface area contributed by atoms with E-state index in [1.165, 1.54) is 12.5 Å². The van der Waals surface area contributed by atoms with Crippen LogP contribution in [0.1, 0.15) is 99.7 Å². The Morgan fingerprint density at radius 1 is 1.07 bits per heavy atom. The number of hydrogen-bond donors (Lipinski definition) is 1. The minimum absolute atomic E-state index is 0.0292. The summed E-state index contributed by atoms with van der Waals surface area (Å²) < 4.78 is 7.20. The zero-order chi connectivity index (χ0) is 29.1. The van der Waals surface area contributed by atoms with Gasteiger partial charge < -0.3 is 15.0 Å². The van der Waals surface area contributed by atoms with Crippen molar-refractivity contribution in [2.45, 2.75) is 90.7 Å². The first-order valence-electron chi connectivity index (χ1n) is 14.6. The third kappa shape index (κ3) is 5.08. The molecule has 4 heterocycles. The minimum Gasteiger partial charge on any atom is -0.444 e. The van der Waals surface area contributed by atoms with Crippen LogP contribution in [0.25, 0.3) is 11.0 Å². The Balaban J connectivity index is 1.15. The van der Waals surface area contributed by atoms with E-state index in [1.54, 1.807) is 22.6 Å². The number of carbonyl (C=O) groups is 2. The van der Waals surface area contributed by atoms with Crippen LogP contribution in [0.3, 0.4) is 0 Å². The molecule has 216 valence electrons. The molecule has 1 aliphatic heterocycles. The molecule has 6 rings (SSSR count). The van der Waals surface area contributed by atoms with E-state index in [9.17, 15) is 14.4 Å². The monoisotopic (exact) mass is 558 g/mol. The maximum absolute atomic E-state index is 13.4. The van der Waals surface area contributed by atoms with Gasteiger partial charge in [-0.15, -0.1) is 0 Å². The molecule has 3 fully saturated rings. The highest BCUT2D eigenvalue weighted by molar-refractivity contribution is 5.99. The van der Waals surface area contributed by atoms with Gasteiger partial charge in [0, 0.05) is 42.3 Å². The third-order valence-electron chi connectivity index (χ3n) is 8.81. The van der Waals surface area contributed by atoms with Gasteiger partial charge in [-0.2, -0.15) is 4.98 Å². The molecule has 2 aliphatic carbocycles. The van der Waals surface area contributed by atoms with Crippen LogP contribution in [0.4, 0.5) is 16.6 Å². The number of hydrogen-bond acceptors (Lipinski definition) is 8. The number of pyridine rings is 2. The summed E-state index contributed by atoms with van der Waals surface area (Å²) in [4.78, 5) is 53.7. The number of Topliss-reactive ketones (excluding diaryl/α,β-unsaturated/α-hetero) is 1. The van der Waals surface area contributed by atoms with Crippen LogP contribution >= 0.6 is 0 Å². The molecule has 3 aromatic heterocycles. The standard InChI is InChI=1S/C31H38N6O4/c1-18-23-15-33-28(35-26(23)37(22-8-6-7-9-22)27(39)25(18)19(2)38)34-24-11-10-20(14-32-24)21-12-31(13-21)16-36(17-31)29(40)41-30(3,4)5/h10-11,14-15,21-22H,6-9,12-13,16-17H2,1-5H3,(H,32,33,34,35). The molecule has 1 saturated heterocycles. The molecule has 0 unspecified atom stereocenters. The molecule has 10 nitrogen and oxygen atoms in total. The van der Waals surface area contributed by atoms with Crippen molar-refractivity contribution in [2.24, 2.45) is 5.41 Å². The van der Waals surface area contributed by atoms with Crippen molar-refractivity contribution in [3.8, 4) is 0 Å². The van der Waals surface area contributed by atoms with E-state index in [2.05, 4.69) is 21.4 Å². The van der Waals surface area contributed by atoms with E-state index in [0.717, 1.165) is 57.0 Å². The van der Waals surface area contributed by atoms with Gasteiger partial charge in [0.15, 0.2) is 5.78 Å². The zero-order valence-corrected chi connectivity index (χ0v) is 24.5. The summed E-state index contributed by atoms with van der Waals surface area (Å²) in [6, 6.07) is 4.03. The molecule has 2 saturated carbocycles. The van der Waals surface area contributed by atoms with E-state index in [-0.39, 0.29) is 34.5 Å². The summed E-state index contributed by atoms with van der Waals surface area (Å²) in [6.07, 6.45) is 9.33. The molecular weight excluding hydrogens is 520 g/mol. The Kier molecular flexibility index (Phi) is 6.62. The van der Waals surface area contributed by atoms with E-state index in [1.807, 2.05) is 33.0 Å². The van der Waals surface area contributed by atoms with Gasteiger partial charge in [-0.05, 0) is 83.4 Å². The van der Waals surface area contributed by atoms with Crippen molar-refractivity contribution < 1.29 is 14.3 Å². The smallest absolute Gasteiger partial charge is 0.410 e. The number of aromatic nitrogens is 4. The normalized spacial score (nSPS) is 18.8. The van der Waals surface area contributed by atoms with Crippen LogP contribution in [0, 0.1) is 12.3 Å². The lowest BCUT2D eigenvalue weighted by atomic mass is 9.56. The SMILES string of the molecule is CC(=O)c1c(C)c2cnc(Nc3ccc(C4CC5(C4)CN(C(=O)OC(C)(C)C)C5)cn3)nc2n(C2CCCC2)c1=O. The quantitative estimate of drug-likeness (QED) is 0.398. The average molecular weight is 559 g/mol. The topological polar surface area (TPSA) is 119 Å². The summed E-state index contributed by atoms with van der Waals surface area (Å²) in [6.45, 7) is 10.4. The van der Waals surface area contributed by atoms with Gasteiger partial charge in [-0.1, -0.05) is 18.9 Å². The number of amides is 1. The van der Waals surface area contributed by atoms with Crippen molar-refractivity contribution in [3.63, 3.8) is 0 Å². The van der Waals surface area contributed by atoms with E-state index in [0.29, 0.717) is 28.9 Å². The molecule has 1 spiro atoms. The van der Waals surface area contributed by atoms with Crippen molar-refractivity contribution >= 4 is 34.7 Å². The number of carbonyl (C=O) groups excluding carboxylic acids is 2. The molecule has 0 bridgehead atoms. The number of ether oxygens (including phenoxy) is 1. The molecular formula is C31H38N6O4. The first-order valence-corrected chi connectivity index (χ1v) is 14.6. The molecule has 1 N–H and O–H groups in total. The second-order valence-corrected chi connectivity index (χ2v) is 13.1. The Labute approximate surface area is 239 Å². The summed E-state index contributed by atoms with van der Waals surface area (Å²) >= 11 is 0. The fraction of sp³-hybridized carbons (Fsp3) is 0.548. The maximum Gasteiger partial charge on any atom is 0.410 e. The number of nitrogens with one attached hydrogen (secondary N) is 1. The second-order valence-electron chi connectivity index (χ2n) is 13.1. The molecule has 1 amide bonds. The van der Waals surface area contributed by atoms with E-state index >= 15 is 0 Å². The first kappa shape index (κ1) is 27.4. The largest absolute Gasteiger partial charge is 0.444 e. The van der Waals surface area contributed by atoms with Gasteiger partial charge >= 0.3 is 6.09 Å². The Hall–Kier alpha value is -3.82. The van der Waals surface area contributed by atoms with Gasteiger partial charge in [0.25, 0.3) is 5.56 Å². The van der Waals surface area contributed by atoms with Crippen LogP contribution in [0.2, 0.25) is 0 Å². The Morgan fingerprint density at radius 2 is 1.78 bits per heavy atom. The van der Waals surface area contributed by atoms with Gasteiger partial charge in [-0.3, -0.25) is 14.2 Å². The Morgan fingerprint density at radius 3 is 2.39 bits per heavy atom. The average Bonchev–Trinajstić information content (AvgIpc) is 3.36. The van der Waals surface area contributed by atoms with E-state index < -0.39 is 5.60 Å². The lowest BCUT2D eigenvalue weighted by Crippen LogP contribution is -2.63. The zero-order valence-electron chi connectivity index (χ0n) is 24.5. The fourth-order valence-electron chi connectivity index (χ4n) is 6.84. The number of likely N-dealkylation sites (tertiary alicyclic amines) is 1. The van der Waals surface area contributed by atoms with Gasteiger partial charge in [0.1, 0.15) is 17.1 Å². The molecule has 0 atom stereocenters. The van der Waals surface area contributed by atoms with Crippen LogP contribution < -0.4 is 10.9 Å². The lowest BCUT2D eigenvalue weighted by Gasteiger charge is -2.58. The second kappa shape index (κ2) is 9.92. The van der Waals surface area contributed by atoms with E-state index in [4.69, 9.17) is 9.72 Å². The molecule has 41 heavy (non-hydrogen) atoms. The summed E-state index contributed by atoms with van der Waals surface area (Å²) in [7, 11) is 0. The third-order valence-corrected chi connectivity index (χ3v) is 8.81. The van der Waals surface area contributed by atoms with Crippen LogP contribution in [0.5, 0.6) is 0 Å². The number of anilines is 2. The van der Waals surface area contributed by atoms with Gasteiger partial charge in [-0.25, -0.2) is 14.8 Å². The maximum atomic E-state index is 13.4. The predicted octanol–water partition coefficient (Wildman–Crippen LogP) is 5.67. The summed E-state index contributed by atoms with van der Waals surface area (Å²) in [5.74, 6) is 1.17. The number of fused-ring (bicyclic) bond motifs is 1. The fourth-order valence-corrected chi connectivity index (χ4v) is 6.84. The minimum atomic E-state index is -0.477. The van der Waals surface area contributed by atoms with Crippen molar-refractivity contribution in [2.75, 3.05) is 18.4 Å². The highest BCUT2D eigenvalue weighted by Crippen LogP contribution is 2.56. The van der Waals surface area contributed by atoms with Crippen LogP contribution in [0.15, 0.2) is 29.3 Å². The van der Waals surface area contributed by atoms with Crippen LogP contribution in [-0.4, -0.2) is 55.0 Å². The number of aryl methyl sites for hydroxylation is 1. The highest BCUT2D eigenvalue weighted by atomic mass is 16.6. The van der Waals surface area contributed by atoms with Crippen LogP contribution in [-0.2, 0) is 4.74 Å². The number of nitrogens with zero attached hydrogens (tertiary/aromatic N) is 5. The lowest BCUT2D eigenvalue weighted by molar-refractivity contribution is -0.0786. The number of rotatable bonds is 5. The van der Waals surface area contributed by atoms with Crippen molar-refractivity contribution in [1.82, 2.24) is 24.4 Å².